The van der Waals surface area contributed by atoms with E-state index in [0.717, 1.165) is 15.3 Å². The fraction of sp³-hybridized carbons (Fsp3) is 0.250. The van der Waals surface area contributed by atoms with Crippen molar-refractivity contribution >= 4 is 36.8 Å². The van der Waals surface area contributed by atoms with Crippen LogP contribution in [0.2, 0.25) is 0 Å². The van der Waals surface area contributed by atoms with Gasteiger partial charge in [0.05, 0.1) is 0 Å². The third kappa shape index (κ3) is 1.40. The molecule has 0 saturated heterocycles. The van der Waals surface area contributed by atoms with Gasteiger partial charge in [0, 0.05) is 31.6 Å². The Morgan fingerprint density at radius 2 is 2.27 bits per heavy atom. The van der Waals surface area contributed by atoms with Crippen LogP contribution in [0, 0.1) is 0 Å². The first kappa shape index (κ1) is 9.31. The lowest BCUT2D eigenvalue weighted by Gasteiger charge is -1.72. The van der Waals surface area contributed by atoms with Crippen molar-refractivity contribution in [1.29, 1.82) is 0 Å². The topological polar surface area (TPSA) is 29.7 Å². The monoisotopic (exact) mass is 271 g/mol. The molecule has 0 aromatic rings. The van der Waals surface area contributed by atoms with Gasteiger partial charge in [0.1, 0.15) is 0 Å². The number of aromatic nitrogens is 3. The highest BCUT2D eigenvalue weighted by molar-refractivity contribution is 9.10. The molecule has 2 heterocycles. The molecule has 11 heavy (non-hydrogen) atoms. The van der Waals surface area contributed by atoms with E-state index in [-0.39, 0.29) is 12.4 Å². The molecule has 0 unspecified atom stereocenters. The molecular weight excluding hydrogens is 270 g/mol. The Bertz CT molecular complexity index is 332. The molecule has 0 fully saturated rings. The molecule has 0 aliphatic carbocycles. The Labute approximate surface area is 85.5 Å². The highest BCUT2D eigenvalue weighted by atomic mass is 79.9. The summed E-state index contributed by atoms with van der Waals surface area (Å²) in [6.07, 6.45) is 0. The van der Waals surface area contributed by atoms with Crippen LogP contribution in [0.15, 0.2) is 4.60 Å². The molecule has 0 aromatic heterocycles. The summed E-state index contributed by atoms with van der Waals surface area (Å²) in [7, 11) is 5.00. The van der Waals surface area contributed by atoms with Gasteiger partial charge in [-0.25, -0.2) is 0 Å². The minimum atomic E-state index is 0. The Balaban J connectivity index is 0.000000605. The van der Waals surface area contributed by atoms with Crippen LogP contribution in [-0.2, 0) is 7.05 Å². The van der Waals surface area contributed by atoms with Crippen molar-refractivity contribution in [3.05, 3.63) is 4.60 Å². The average Bonchev–Trinajstić information content (AvgIpc) is 2.41. The summed E-state index contributed by atoms with van der Waals surface area (Å²) in [5, 5.41) is 4.15. The quantitative estimate of drug-likeness (QED) is 0.422. The smallest absolute Gasteiger partial charge is 0.295 e. The summed E-state index contributed by atoms with van der Waals surface area (Å²) in [5.41, 5.74) is 0. The normalized spacial score (nSPS) is 10.0. The average molecular weight is 273 g/mol. The minimum Gasteiger partial charge on any atom is -1.00 e. The third-order valence-corrected chi connectivity index (χ3v) is 4.15. The molecule has 3 nitrogen and oxygen atoms in total. The molecule has 0 saturated carbocycles. The van der Waals surface area contributed by atoms with Crippen molar-refractivity contribution < 1.29 is 17.1 Å². The maximum atomic E-state index is 4.15. The van der Waals surface area contributed by atoms with E-state index < -0.39 is 0 Å². The summed E-state index contributed by atoms with van der Waals surface area (Å²) in [4.78, 5) is 1.13. The second-order valence-electron chi connectivity index (χ2n) is 1.82. The highest BCUT2D eigenvalue weighted by Gasteiger charge is 2.24. The van der Waals surface area contributed by atoms with Gasteiger partial charge in [0.25, 0.3) is 10.4 Å². The van der Waals surface area contributed by atoms with Crippen LogP contribution >= 0.6 is 36.8 Å². The van der Waals surface area contributed by atoms with E-state index in [2.05, 4.69) is 25.4 Å². The van der Waals surface area contributed by atoms with E-state index in [1.54, 1.807) is 15.0 Å². The Morgan fingerprint density at radius 3 is 2.91 bits per heavy atom. The maximum Gasteiger partial charge on any atom is 0.295 e. The van der Waals surface area contributed by atoms with Crippen molar-refractivity contribution in [2.45, 2.75) is 0 Å². The lowest BCUT2D eigenvalue weighted by molar-refractivity contribution is -0.735. The van der Waals surface area contributed by atoms with Crippen molar-refractivity contribution in [1.82, 2.24) is 9.47 Å². The number of rotatable bonds is 0. The van der Waals surface area contributed by atoms with Gasteiger partial charge in [0.2, 0.25) is 0 Å². The summed E-state index contributed by atoms with van der Waals surface area (Å²) in [6, 6.07) is 0. The number of nitrogens with zero attached hydrogens (tertiary/aromatic N) is 3. The predicted molar refractivity (Wildman–Crippen MR) is 43.3 cm³/mol. The molecule has 0 bridgehead atoms. The fourth-order valence-electron chi connectivity index (χ4n) is 0.693. The van der Waals surface area contributed by atoms with Gasteiger partial charge < -0.3 is 12.4 Å². The van der Waals surface area contributed by atoms with Crippen LogP contribution in [0.1, 0.15) is 0 Å². The number of hydrogen-bond donors (Lipinski definition) is 0. The lowest BCUT2D eigenvalue weighted by Crippen LogP contribution is -3.00. The van der Waals surface area contributed by atoms with Crippen LogP contribution in [-0.4, -0.2) is 9.47 Å². The van der Waals surface area contributed by atoms with Gasteiger partial charge in [-0.15, -0.1) is 0 Å². The first-order chi connectivity index (χ1) is 4.79. The zero-order chi connectivity index (χ0) is 7.14. The molecule has 0 radical (unpaired) electrons. The number of fused-ring (bicyclic) bond motifs is 1. The molecule has 60 valence electrons. The lowest BCUT2D eigenvalue weighted by atomic mass is 10.6. The number of halogens is 2. The highest BCUT2D eigenvalue weighted by Crippen LogP contribution is 2.31. The van der Waals surface area contributed by atoms with Crippen LogP contribution in [0.25, 0.3) is 10.7 Å². The van der Waals surface area contributed by atoms with Crippen molar-refractivity contribution in [3.8, 4) is 10.7 Å². The Kier molecular flexibility index (Phi) is 2.79. The number of hydrogen-bond acceptors (Lipinski definition) is 4. The van der Waals surface area contributed by atoms with Gasteiger partial charge in [0.15, 0.2) is 11.9 Å². The zero-order valence-electron chi connectivity index (χ0n) is 5.41. The molecule has 2 aliphatic heterocycles. The minimum absolute atomic E-state index is 0. The van der Waals surface area contributed by atoms with E-state index in [4.69, 9.17) is 0 Å². The summed E-state index contributed by atoms with van der Waals surface area (Å²) in [6.45, 7) is 0. The maximum absolute atomic E-state index is 4.15. The molecule has 0 aromatic carbocycles. The summed E-state index contributed by atoms with van der Waals surface area (Å²) in [5.74, 6) is 0.837. The molecule has 0 N–H and O–H groups in total. The Hall–Kier alpha value is 0.220. The summed E-state index contributed by atoms with van der Waals surface area (Å²) < 4.78 is 6.89. The van der Waals surface area contributed by atoms with E-state index in [0.29, 0.717) is 0 Å². The predicted octanol–water partition coefficient (Wildman–Crippen LogP) is -1.70. The first-order valence-electron chi connectivity index (χ1n) is 2.56. The SMILES string of the molecule is C[n+]1nc2nssc-2c1Br.[Cl-]. The molecule has 0 spiro atoms. The first-order valence-corrected chi connectivity index (χ1v) is 5.46. The van der Waals surface area contributed by atoms with Crippen LogP contribution in [0.5, 0.6) is 0 Å². The van der Waals surface area contributed by atoms with E-state index in [9.17, 15) is 0 Å². The largest absolute Gasteiger partial charge is 1.00 e. The van der Waals surface area contributed by atoms with Crippen LogP contribution in [0.4, 0.5) is 0 Å². The van der Waals surface area contributed by atoms with Crippen LogP contribution in [0.3, 0.4) is 0 Å². The van der Waals surface area contributed by atoms with Crippen molar-refractivity contribution in [2.24, 2.45) is 7.05 Å². The molecule has 0 atom stereocenters. The van der Waals surface area contributed by atoms with Gasteiger partial charge in [-0.3, -0.25) is 0 Å². The number of aryl methyl sites for hydroxylation is 1. The van der Waals surface area contributed by atoms with Gasteiger partial charge >= 0.3 is 0 Å². The third-order valence-electron chi connectivity index (χ3n) is 1.16. The zero-order valence-corrected chi connectivity index (χ0v) is 9.39. The molecule has 7 heteroatoms. The van der Waals surface area contributed by atoms with Crippen molar-refractivity contribution in [2.75, 3.05) is 0 Å². The molecule has 2 aliphatic rings. The fourth-order valence-corrected chi connectivity index (χ4v) is 3.25. The van der Waals surface area contributed by atoms with Gasteiger partial charge in [-0.05, 0) is 10.3 Å². The van der Waals surface area contributed by atoms with E-state index >= 15 is 0 Å². The second kappa shape index (κ2) is 3.30. The molecule has 2 rings (SSSR count). The van der Waals surface area contributed by atoms with Crippen molar-refractivity contribution in [3.63, 3.8) is 0 Å². The molecule has 0 amide bonds. The standard InChI is InChI=1S/C4H3BrN3S2.ClH/c1-8-3(5)2-4(6-8)7-10-9-2;/h1H3;1H/q+1;/p-1. The van der Waals surface area contributed by atoms with Gasteiger partial charge in [-0.1, -0.05) is 4.68 Å². The molecular formula is C4H3BrClN3S2. The Morgan fingerprint density at radius 1 is 1.55 bits per heavy atom. The van der Waals surface area contributed by atoms with Gasteiger partial charge in [-0.2, -0.15) is 4.37 Å². The second-order valence-corrected chi connectivity index (χ2v) is 4.42. The van der Waals surface area contributed by atoms with E-state index in [1.165, 1.54) is 10.5 Å². The van der Waals surface area contributed by atoms with Crippen LogP contribution < -0.4 is 17.1 Å². The summed E-state index contributed by atoms with van der Waals surface area (Å²) >= 11 is 3.41. The van der Waals surface area contributed by atoms with E-state index in [1.807, 2.05) is 7.05 Å².